The summed E-state index contributed by atoms with van der Waals surface area (Å²) in [5.41, 5.74) is -1.38. The second-order valence-corrected chi connectivity index (χ2v) is 10.1. The molecule has 2 aliphatic rings. The largest absolute Gasteiger partial charge is 0.467 e. The quantitative estimate of drug-likeness (QED) is 0.380. The van der Waals surface area contributed by atoms with Crippen LogP contribution in [0.15, 0.2) is 23.1 Å². The molecule has 1 heterocycles. The highest BCUT2D eigenvalue weighted by Crippen LogP contribution is 2.33. The Balaban J connectivity index is 1.69. The van der Waals surface area contributed by atoms with Gasteiger partial charge in [-0.2, -0.15) is 4.31 Å². The number of carbonyl (C=O) groups is 2. The predicted molar refractivity (Wildman–Crippen MR) is 111 cm³/mol. The van der Waals surface area contributed by atoms with Crippen LogP contribution in [0.1, 0.15) is 38.5 Å². The summed E-state index contributed by atoms with van der Waals surface area (Å²) in [7, 11) is -2.77. The maximum Gasteiger partial charge on any atom is 0.331 e. The second kappa shape index (κ2) is 9.09. The van der Waals surface area contributed by atoms with E-state index in [2.05, 4.69) is 5.32 Å². The van der Waals surface area contributed by atoms with Gasteiger partial charge in [-0.25, -0.2) is 13.2 Å². The van der Waals surface area contributed by atoms with Crippen LogP contribution in [0.25, 0.3) is 0 Å². The minimum absolute atomic E-state index is 0.0602. The summed E-state index contributed by atoms with van der Waals surface area (Å²) in [5.74, 6) is -1.20. The number of carbonyl (C=O) groups excluding carboxylic acids is 2. The lowest BCUT2D eigenvalue weighted by atomic mass is 9.92. The van der Waals surface area contributed by atoms with Gasteiger partial charge in [-0.3, -0.25) is 14.9 Å². The number of esters is 1. The van der Waals surface area contributed by atoms with Gasteiger partial charge in [0.05, 0.1) is 17.1 Å². The summed E-state index contributed by atoms with van der Waals surface area (Å²) < 4.78 is 32.0. The standard InChI is InChI=1S/C19H24ClN3O7S/c1-30-18(25)19(8-2-3-9-19)21-17(24)13-6-10-22(11-7-13)31(28,29)16-12-14(23(26)27)4-5-15(16)20/h4-5,12-13H,2-3,6-11H2,1H3,(H,21,24). The zero-order valence-corrected chi connectivity index (χ0v) is 18.6. The van der Waals surface area contributed by atoms with Crippen LogP contribution in [-0.2, 0) is 24.3 Å². The average molecular weight is 474 g/mol. The first-order valence-corrected chi connectivity index (χ1v) is 11.8. The van der Waals surface area contributed by atoms with E-state index in [1.807, 2.05) is 0 Å². The van der Waals surface area contributed by atoms with E-state index in [1.54, 1.807) is 0 Å². The van der Waals surface area contributed by atoms with Gasteiger partial charge in [-0.05, 0) is 31.7 Å². The highest BCUT2D eigenvalue weighted by molar-refractivity contribution is 7.89. The molecule has 10 nitrogen and oxygen atoms in total. The predicted octanol–water partition coefficient (Wildman–Crippen LogP) is 2.25. The summed E-state index contributed by atoms with van der Waals surface area (Å²) >= 11 is 6.00. The number of nitro groups is 1. The van der Waals surface area contributed by atoms with E-state index >= 15 is 0 Å². The van der Waals surface area contributed by atoms with Gasteiger partial charge < -0.3 is 10.1 Å². The minimum atomic E-state index is -4.06. The molecule has 170 valence electrons. The van der Waals surface area contributed by atoms with E-state index in [9.17, 15) is 28.1 Å². The number of nitrogens with one attached hydrogen (secondary N) is 1. The van der Waals surface area contributed by atoms with Crippen molar-refractivity contribution in [2.75, 3.05) is 20.2 Å². The van der Waals surface area contributed by atoms with E-state index < -0.39 is 32.4 Å². The van der Waals surface area contributed by atoms with E-state index in [0.717, 1.165) is 25.0 Å². The Morgan fingerprint density at radius 1 is 1.26 bits per heavy atom. The molecule has 1 aliphatic carbocycles. The van der Waals surface area contributed by atoms with Gasteiger partial charge in [0, 0.05) is 31.1 Å². The number of benzene rings is 1. The lowest BCUT2D eigenvalue weighted by molar-refractivity contribution is -0.385. The van der Waals surface area contributed by atoms with E-state index in [-0.39, 0.29) is 47.4 Å². The number of nitrogens with zero attached hydrogens (tertiary/aromatic N) is 2. The Labute approximate surface area is 185 Å². The van der Waals surface area contributed by atoms with Crippen LogP contribution in [0, 0.1) is 16.0 Å². The lowest BCUT2D eigenvalue weighted by Gasteiger charge is -2.33. The summed E-state index contributed by atoms with van der Waals surface area (Å²) in [5, 5.41) is 13.7. The summed E-state index contributed by atoms with van der Waals surface area (Å²) in [6.45, 7) is 0.120. The third-order valence-electron chi connectivity index (χ3n) is 5.96. The van der Waals surface area contributed by atoms with Gasteiger partial charge in [0.2, 0.25) is 15.9 Å². The number of hydrogen-bond acceptors (Lipinski definition) is 7. The number of amides is 1. The number of piperidine rings is 1. The molecular formula is C19H24ClN3O7S. The zero-order chi connectivity index (χ0) is 22.8. The summed E-state index contributed by atoms with van der Waals surface area (Å²) in [6.07, 6.45) is 3.18. The van der Waals surface area contributed by atoms with Crippen LogP contribution in [0.2, 0.25) is 5.02 Å². The van der Waals surface area contributed by atoms with E-state index in [4.69, 9.17) is 16.3 Å². The number of ether oxygens (including phenoxy) is 1. The fourth-order valence-corrected chi connectivity index (χ4v) is 6.16. The molecule has 12 heteroatoms. The van der Waals surface area contributed by atoms with Crippen molar-refractivity contribution < 1.29 is 27.7 Å². The van der Waals surface area contributed by atoms with Crippen LogP contribution in [0.4, 0.5) is 5.69 Å². The SMILES string of the molecule is COC(=O)C1(NC(=O)C2CCN(S(=O)(=O)c3cc([N+](=O)[O-])ccc3Cl)CC2)CCCC1. The number of halogens is 1. The molecule has 0 aromatic heterocycles. The van der Waals surface area contributed by atoms with Gasteiger partial charge in [0.1, 0.15) is 10.4 Å². The topological polar surface area (TPSA) is 136 Å². The van der Waals surface area contributed by atoms with E-state index in [1.165, 1.54) is 17.5 Å². The number of hydrogen-bond donors (Lipinski definition) is 1. The molecule has 0 atom stereocenters. The first-order chi connectivity index (χ1) is 14.6. The molecule has 0 bridgehead atoms. The monoisotopic (exact) mass is 473 g/mol. The van der Waals surface area contributed by atoms with Crippen LogP contribution in [0.5, 0.6) is 0 Å². The second-order valence-electron chi connectivity index (χ2n) is 7.82. The first kappa shape index (κ1) is 23.4. The molecule has 2 fully saturated rings. The van der Waals surface area contributed by atoms with Gasteiger partial charge >= 0.3 is 5.97 Å². The first-order valence-electron chi connectivity index (χ1n) is 9.95. The van der Waals surface area contributed by atoms with Gasteiger partial charge in [0.25, 0.3) is 5.69 Å². The molecule has 1 amide bonds. The fraction of sp³-hybridized carbons (Fsp3) is 0.579. The van der Waals surface area contributed by atoms with Gasteiger partial charge in [-0.15, -0.1) is 0 Å². The summed E-state index contributed by atoms with van der Waals surface area (Å²) in [4.78, 5) is 35.0. The van der Waals surface area contributed by atoms with Crippen LogP contribution >= 0.6 is 11.6 Å². The van der Waals surface area contributed by atoms with Crippen molar-refractivity contribution in [1.82, 2.24) is 9.62 Å². The third-order valence-corrected chi connectivity index (χ3v) is 8.34. The average Bonchev–Trinajstić information content (AvgIpc) is 3.22. The molecule has 1 N–H and O–H groups in total. The van der Waals surface area contributed by atoms with Gasteiger partial charge in [0.15, 0.2) is 0 Å². The number of methoxy groups -OCH3 is 1. The molecule has 3 rings (SSSR count). The molecule has 1 aliphatic heterocycles. The molecule has 0 unspecified atom stereocenters. The van der Waals surface area contributed by atoms with E-state index in [0.29, 0.717) is 12.8 Å². The molecule has 0 radical (unpaired) electrons. The minimum Gasteiger partial charge on any atom is -0.467 e. The maximum absolute atomic E-state index is 13.0. The van der Waals surface area contributed by atoms with Crippen molar-refractivity contribution in [3.8, 4) is 0 Å². The molecule has 1 saturated heterocycles. The third kappa shape index (κ3) is 4.68. The number of rotatable bonds is 6. The number of non-ortho nitro benzene ring substituents is 1. The maximum atomic E-state index is 13.0. The van der Waals surface area contributed by atoms with Crippen molar-refractivity contribution in [1.29, 1.82) is 0 Å². The molecule has 1 aromatic carbocycles. The molecule has 0 spiro atoms. The van der Waals surface area contributed by atoms with Crippen molar-refractivity contribution >= 4 is 39.2 Å². The molecule has 1 aromatic rings. The highest BCUT2D eigenvalue weighted by Gasteiger charge is 2.45. The Morgan fingerprint density at radius 2 is 1.87 bits per heavy atom. The van der Waals surface area contributed by atoms with Crippen molar-refractivity contribution in [3.63, 3.8) is 0 Å². The number of sulfonamides is 1. The summed E-state index contributed by atoms with van der Waals surface area (Å²) in [6, 6.07) is 3.26. The van der Waals surface area contributed by atoms with Gasteiger partial charge in [-0.1, -0.05) is 24.4 Å². The van der Waals surface area contributed by atoms with Crippen LogP contribution < -0.4 is 5.32 Å². The molecule has 1 saturated carbocycles. The smallest absolute Gasteiger partial charge is 0.331 e. The number of nitro benzene ring substituents is 1. The Morgan fingerprint density at radius 3 is 2.42 bits per heavy atom. The van der Waals surface area contributed by atoms with Crippen molar-refractivity contribution in [2.24, 2.45) is 5.92 Å². The lowest BCUT2D eigenvalue weighted by Crippen LogP contribution is -2.55. The van der Waals surface area contributed by atoms with Crippen LogP contribution in [-0.4, -0.2) is 55.3 Å². The van der Waals surface area contributed by atoms with Crippen molar-refractivity contribution in [3.05, 3.63) is 33.3 Å². The normalized spacial score (nSPS) is 19.7. The van der Waals surface area contributed by atoms with Crippen LogP contribution in [0.3, 0.4) is 0 Å². The van der Waals surface area contributed by atoms with Crippen molar-refractivity contribution in [2.45, 2.75) is 49.0 Å². The zero-order valence-electron chi connectivity index (χ0n) is 17.0. The fourth-order valence-electron chi connectivity index (χ4n) is 4.19. The molecular weight excluding hydrogens is 450 g/mol. The molecule has 31 heavy (non-hydrogen) atoms. The highest BCUT2D eigenvalue weighted by atomic mass is 35.5. The Hall–Kier alpha value is -2.24. The Kier molecular flexibility index (Phi) is 6.87. The Bertz CT molecular complexity index is 984.